The maximum absolute atomic E-state index is 12.8. The van der Waals surface area contributed by atoms with Gasteiger partial charge in [-0.25, -0.2) is 4.79 Å². The normalized spacial score (nSPS) is 17.8. The lowest BCUT2D eigenvalue weighted by atomic mass is 9.75. The van der Waals surface area contributed by atoms with Crippen LogP contribution in [-0.2, 0) is 15.9 Å². The Morgan fingerprint density at radius 2 is 1.66 bits per heavy atom. The summed E-state index contributed by atoms with van der Waals surface area (Å²) >= 11 is 0. The van der Waals surface area contributed by atoms with Crippen molar-refractivity contribution in [2.24, 2.45) is 0 Å². The van der Waals surface area contributed by atoms with Gasteiger partial charge in [0.25, 0.3) is 0 Å². The lowest BCUT2D eigenvalue weighted by Gasteiger charge is -2.32. The second kappa shape index (κ2) is 6.78. The Morgan fingerprint density at radius 3 is 2.24 bits per heavy atom. The van der Waals surface area contributed by atoms with Gasteiger partial charge in [0.2, 0.25) is 0 Å². The van der Waals surface area contributed by atoms with Crippen molar-refractivity contribution in [1.29, 1.82) is 0 Å². The molecule has 0 bridgehead atoms. The summed E-state index contributed by atoms with van der Waals surface area (Å²) in [5.41, 5.74) is 3.48. The summed E-state index contributed by atoms with van der Waals surface area (Å²) in [4.78, 5) is 15.8. The molecule has 0 aliphatic carbocycles. The maximum atomic E-state index is 12.8. The van der Waals surface area contributed by atoms with E-state index in [2.05, 4.69) is 4.98 Å². The number of nitrogens with zero attached hydrogens (tertiary/aromatic N) is 1. The fourth-order valence-corrected chi connectivity index (χ4v) is 3.69. The molecule has 0 amide bonds. The number of nitrogens with one attached hydrogen (secondary N) is 1. The van der Waals surface area contributed by atoms with Gasteiger partial charge in [0.1, 0.15) is 5.75 Å². The topological polar surface area (TPSA) is 65.5 Å². The van der Waals surface area contributed by atoms with E-state index in [0.29, 0.717) is 6.54 Å². The largest absolute Gasteiger partial charge is 0.497 e. The Morgan fingerprint density at radius 1 is 1.03 bits per heavy atom. The highest BCUT2D eigenvalue weighted by Gasteiger charge is 2.52. The predicted octanol–water partition coefficient (Wildman–Crippen LogP) is 2.99. The Bertz CT molecular complexity index is 1100. The molecule has 1 N–H and O–H groups in total. The number of imidazole rings is 1. The number of aryl methyl sites for hydroxylation is 1. The average Bonchev–Trinajstić information content (AvgIpc) is 3.07. The number of H-pyrrole nitrogens is 1. The zero-order chi connectivity index (χ0) is 21.0. The monoisotopic (exact) mass is 394 g/mol. The van der Waals surface area contributed by atoms with Gasteiger partial charge in [-0.1, -0.05) is 18.2 Å². The molecule has 3 aromatic rings. The van der Waals surface area contributed by atoms with Crippen LogP contribution in [0.25, 0.3) is 11.0 Å². The van der Waals surface area contributed by atoms with Gasteiger partial charge >= 0.3 is 12.8 Å². The van der Waals surface area contributed by atoms with Crippen molar-refractivity contribution >= 4 is 23.6 Å². The van der Waals surface area contributed by atoms with E-state index in [1.807, 2.05) is 71.0 Å². The van der Waals surface area contributed by atoms with Crippen LogP contribution in [0.2, 0.25) is 0 Å². The number of rotatable bonds is 4. The molecule has 1 aliphatic rings. The molecule has 4 rings (SSSR count). The van der Waals surface area contributed by atoms with E-state index in [1.165, 1.54) is 0 Å². The maximum Gasteiger partial charge on any atom is 0.497 e. The van der Waals surface area contributed by atoms with Crippen molar-refractivity contribution in [3.63, 3.8) is 0 Å². The van der Waals surface area contributed by atoms with Gasteiger partial charge in [-0.05, 0) is 63.9 Å². The first-order chi connectivity index (χ1) is 13.6. The zero-order valence-corrected chi connectivity index (χ0v) is 17.8. The number of aromatic amines is 1. The highest BCUT2D eigenvalue weighted by Crippen LogP contribution is 2.37. The average molecular weight is 394 g/mol. The minimum absolute atomic E-state index is 0.154. The molecule has 1 aromatic heterocycles. The fraction of sp³-hybridized carbons (Fsp3) is 0.409. The van der Waals surface area contributed by atoms with Gasteiger partial charge in [0.15, 0.2) is 0 Å². The molecule has 1 saturated heterocycles. The second-order valence-electron chi connectivity index (χ2n) is 8.64. The van der Waals surface area contributed by atoms with Crippen LogP contribution < -0.4 is 15.9 Å². The summed E-state index contributed by atoms with van der Waals surface area (Å²) < 4.78 is 19.5. The molecule has 6 nitrogen and oxygen atoms in total. The third-order valence-corrected chi connectivity index (χ3v) is 6.20. The molecule has 0 spiro atoms. The van der Waals surface area contributed by atoms with E-state index < -0.39 is 18.3 Å². The minimum atomic E-state index is -0.531. The SMILES string of the molecule is COc1ccc(Cn2c(=O)[nH]c3c(B4OC(C)(C)C(C)(C)O4)c(C)ccc32)cc1. The molecule has 0 unspecified atom stereocenters. The molecule has 0 saturated carbocycles. The fourth-order valence-electron chi connectivity index (χ4n) is 3.69. The molecular weight excluding hydrogens is 367 g/mol. The first-order valence-electron chi connectivity index (χ1n) is 9.83. The summed E-state index contributed by atoms with van der Waals surface area (Å²) in [6, 6.07) is 11.7. The molecule has 1 aliphatic heterocycles. The molecule has 0 radical (unpaired) electrons. The van der Waals surface area contributed by atoms with Crippen LogP contribution in [-0.4, -0.2) is 35.0 Å². The number of benzene rings is 2. The predicted molar refractivity (Wildman–Crippen MR) is 115 cm³/mol. The van der Waals surface area contributed by atoms with Crippen LogP contribution in [0.5, 0.6) is 5.75 Å². The van der Waals surface area contributed by atoms with Gasteiger partial charge in [0.05, 0.1) is 35.9 Å². The minimum Gasteiger partial charge on any atom is -0.497 e. The van der Waals surface area contributed by atoms with E-state index in [4.69, 9.17) is 14.0 Å². The van der Waals surface area contributed by atoms with Gasteiger partial charge in [0, 0.05) is 5.46 Å². The molecule has 152 valence electrons. The molecule has 7 heteroatoms. The number of hydrogen-bond acceptors (Lipinski definition) is 4. The molecular formula is C22H27BN2O4. The van der Waals surface area contributed by atoms with Crippen molar-refractivity contribution in [2.45, 2.75) is 52.4 Å². The lowest BCUT2D eigenvalue weighted by molar-refractivity contribution is 0.00578. The number of methoxy groups -OCH3 is 1. The van der Waals surface area contributed by atoms with Crippen LogP contribution in [0.4, 0.5) is 0 Å². The zero-order valence-electron chi connectivity index (χ0n) is 17.8. The van der Waals surface area contributed by atoms with E-state index in [-0.39, 0.29) is 5.69 Å². The Balaban J connectivity index is 1.77. The van der Waals surface area contributed by atoms with E-state index in [0.717, 1.165) is 33.4 Å². The molecule has 0 atom stereocenters. The van der Waals surface area contributed by atoms with Crippen LogP contribution in [0.3, 0.4) is 0 Å². The highest BCUT2D eigenvalue weighted by atomic mass is 16.7. The summed E-state index contributed by atoms with van der Waals surface area (Å²) in [6.07, 6.45) is 0. The van der Waals surface area contributed by atoms with Gasteiger partial charge in [-0.2, -0.15) is 0 Å². The van der Waals surface area contributed by atoms with Gasteiger partial charge in [-0.15, -0.1) is 0 Å². The Hall–Kier alpha value is -2.51. The number of aromatic nitrogens is 2. The van der Waals surface area contributed by atoms with Crippen LogP contribution in [0, 0.1) is 6.92 Å². The Labute approximate surface area is 170 Å². The number of fused-ring (bicyclic) bond motifs is 1. The molecule has 1 fully saturated rings. The lowest BCUT2D eigenvalue weighted by Crippen LogP contribution is -2.41. The summed E-state index contributed by atoms with van der Waals surface area (Å²) in [5, 5.41) is 0. The highest BCUT2D eigenvalue weighted by molar-refractivity contribution is 6.65. The third kappa shape index (κ3) is 3.28. The smallest absolute Gasteiger partial charge is 0.497 e. The van der Waals surface area contributed by atoms with Gasteiger partial charge in [-0.3, -0.25) is 4.57 Å². The van der Waals surface area contributed by atoms with Gasteiger partial charge < -0.3 is 19.0 Å². The van der Waals surface area contributed by atoms with Crippen molar-refractivity contribution in [3.05, 3.63) is 58.0 Å². The standard InChI is InChI=1S/C22H27BN2O4/c1-14-7-12-17-19(18(14)23-28-21(2,3)22(4,5)29-23)24-20(26)25(17)13-15-8-10-16(27-6)11-9-15/h7-12H,13H2,1-6H3,(H,24,26). The van der Waals surface area contributed by atoms with Crippen LogP contribution in [0.15, 0.2) is 41.2 Å². The first kappa shape index (κ1) is 19.8. The summed E-state index contributed by atoms with van der Waals surface area (Å²) in [6.45, 7) is 10.6. The van der Waals surface area contributed by atoms with Crippen molar-refractivity contribution in [1.82, 2.24) is 9.55 Å². The summed E-state index contributed by atoms with van der Waals surface area (Å²) in [7, 11) is 1.11. The first-order valence-corrected chi connectivity index (χ1v) is 9.83. The second-order valence-corrected chi connectivity index (χ2v) is 8.64. The van der Waals surface area contributed by atoms with Crippen molar-refractivity contribution < 1.29 is 14.0 Å². The Kier molecular flexibility index (Phi) is 4.63. The van der Waals surface area contributed by atoms with Crippen LogP contribution >= 0.6 is 0 Å². The molecule has 2 heterocycles. The van der Waals surface area contributed by atoms with E-state index in [1.54, 1.807) is 11.7 Å². The quantitative estimate of drug-likeness (QED) is 0.691. The number of ether oxygens (including phenoxy) is 1. The number of hydrogen-bond donors (Lipinski definition) is 1. The molecule has 29 heavy (non-hydrogen) atoms. The van der Waals surface area contributed by atoms with E-state index in [9.17, 15) is 4.79 Å². The summed E-state index contributed by atoms with van der Waals surface area (Å²) in [5.74, 6) is 0.790. The van der Waals surface area contributed by atoms with Crippen molar-refractivity contribution in [2.75, 3.05) is 7.11 Å². The van der Waals surface area contributed by atoms with E-state index >= 15 is 0 Å². The molecule has 2 aromatic carbocycles. The van der Waals surface area contributed by atoms with Crippen LogP contribution in [0.1, 0.15) is 38.8 Å². The third-order valence-electron chi connectivity index (χ3n) is 6.20. The van der Waals surface area contributed by atoms with Crippen molar-refractivity contribution in [3.8, 4) is 5.75 Å².